The van der Waals surface area contributed by atoms with Gasteiger partial charge in [0, 0.05) is 32.3 Å². The van der Waals surface area contributed by atoms with Gasteiger partial charge in [-0.25, -0.2) is 0 Å². The van der Waals surface area contributed by atoms with Gasteiger partial charge in [-0.2, -0.15) is 0 Å². The molecular formula is C14H22Cl2IN3O2. The van der Waals surface area contributed by atoms with Gasteiger partial charge in [0.25, 0.3) is 0 Å². The molecule has 0 radical (unpaired) electrons. The number of benzene rings is 1. The Hall–Kier alpha value is -0.440. The van der Waals surface area contributed by atoms with Crippen LogP contribution in [0, 0.1) is 0 Å². The van der Waals surface area contributed by atoms with Crippen molar-refractivity contribution in [1.29, 1.82) is 0 Å². The van der Waals surface area contributed by atoms with Crippen LogP contribution in [0.3, 0.4) is 0 Å². The number of ether oxygens (including phenoxy) is 2. The SMILES string of the molecule is CN=C(NCCCOc1ccc(Cl)cc1Cl)NCCOC.I. The molecule has 126 valence electrons. The van der Waals surface area contributed by atoms with Crippen molar-refractivity contribution >= 4 is 53.1 Å². The predicted octanol–water partition coefficient (Wildman–Crippen LogP) is 3.19. The number of halogens is 3. The average Bonchev–Trinajstić information content (AvgIpc) is 2.47. The van der Waals surface area contributed by atoms with E-state index in [2.05, 4.69) is 15.6 Å². The Balaban J connectivity index is 0.00000441. The van der Waals surface area contributed by atoms with Crippen LogP contribution < -0.4 is 15.4 Å². The van der Waals surface area contributed by atoms with Gasteiger partial charge >= 0.3 is 0 Å². The maximum Gasteiger partial charge on any atom is 0.191 e. The molecule has 1 aromatic carbocycles. The van der Waals surface area contributed by atoms with E-state index in [0.29, 0.717) is 35.6 Å². The zero-order valence-corrected chi connectivity index (χ0v) is 16.5. The lowest BCUT2D eigenvalue weighted by Crippen LogP contribution is -2.39. The fraction of sp³-hybridized carbons (Fsp3) is 0.500. The molecule has 0 bridgehead atoms. The molecular weight excluding hydrogens is 440 g/mol. The van der Waals surface area contributed by atoms with Crippen LogP contribution in [0.2, 0.25) is 10.0 Å². The van der Waals surface area contributed by atoms with E-state index in [4.69, 9.17) is 32.7 Å². The standard InChI is InChI=1S/C14H21Cl2N3O2.HI/c1-17-14(19-7-9-20-2)18-6-3-8-21-13-5-4-11(15)10-12(13)16;/h4-5,10H,3,6-9H2,1-2H3,(H2,17,18,19);1H. The minimum absolute atomic E-state index is 0. The monoisotopic (exact) mass is 461 g/mol. The molecule has 0 spiro atoms. The summed E-state index contributed by atoms with van der Waals surface area (Å²) in [5.41, 5.74) is 0. The summed E-state index contributed by atoms with van der Waals surface area (Å²) in [6.07, 6.45) is 0.823. The largest absolute Gasteiger partial charge is 0.492 e. The molecule has 0 aliphatic rings. The normalized spacial score (nSPS) is 10.8. The minimum atomic E-state index is 0. The van der Waals surface area contributed by atoms with Crippen molar-refractivity contribution in [2.75, 3.05) is 40.5 Å². The summed E-state index contributed by atoms with van der Waals surface area (Å²) in [5.74, 6) is 1.39. The highest BCUT2D eigenvalue weighted by Crippen LogP contribution is 2.27. The molecule has 5 nitrogen and oxygen atoms in total. The van der Waals surface area contributed by atoms with E-state index in [0.717, 1.165) is 18.9 Å². The number of hydrogen-bond acceptors (Lipinski definition) is 3. The zero-order valence-electron chi connectivity index (χ0n) is 12.7. The van der Waals surface area contributed by atoms with Gasteiger partial charge in [-0.1, -0.05) is 23.2 Å². The van der Waals surface area contributed by atoms with E-state index in [1.54, 1.807) is 32.4 Å². The van der Waals surface area contributed by atoms with Gasteiger partial charge in [0.15, 0.2) is 5.96 Å². The maximum absolute atomic E-state index is 6.02. The Bertz CT molecular complexity index is 462. The summed E-state index contributed by atoms with van der Waals surface area (Å²) >= 11 is 11.8. The smallest absolute Gasteiger partial charge is 0.191 e. The Kier molecular flexibility index (Phi) is 12.8. The minimum Gasteiger partial charge on any atom is -0.492 e. The molecule has 0 aliphatic carbocycles. The van der Waals surface area contributed by atoms with Crippen molar-refractivity contribution in [3.63, 3.8) is 0 Å². The molecule has 0 aromatic heterocycles. The number of methoxy groups -OCH3 is 1. The van der Waals surface area contributed by atoms with Crippen molar-refractivity contribution in [3.8, 4) is 5.75 Å². The van der Waals surface area contributed by atoms with Crippen LogP contribution in [-0.2, 0) is 4.74 Å². The lowest BCUT2D eigenvalue weighted by Gasteiger charge is -2.12. The van der Waals surface area contributed by atoms with Crippen LogP contribution in [0.1, 0.15) is 6.42 Å². The molecule has 1 rings (SSSR count). The van der Waals surface area contributed by atoms with Crippen LogP contribution >= 0.6 is 47.2 Å². The summed E-state index contributed by atoms with van der Waals surface area (Å²) in [6.45, 7) is 2.66. The molecule has 0 fully saturated rings. The van der Waals surface area contributed by atoms with Gasteiger partial charge < -0.3 is 20.1 Å². The third-order valence-electron chi connectivity index (χ3n) is 2.59. The van der Waals surface area contributed by atoms with Gasteiger partial charge in [-0.15, -0.1) is 24.0 Å². The second-order valence-corrected chi connectivity index (χ2v) is 5.04. The molecule has 0 atom stereocenters. The van der Waals surface area contributed by atoms with Gasteiger partial charge in [-0.05, 0) is 24.6 Å². The summed E-state index contributed by atoms with van der Waals surface area (Å²) in [5, 5.41) is 7.44. The summed E-state index contributed by atoms with van der Waals surface area (Å²) in [6, 6.07) is 5.18. The molecule has 2 N–H and O–H groups in total. The van der Waals surface area contributed by atoms with Gasteiger partial charge in [0.2, 0.25) is 0 Å². The van der Waals surface area contributed by atoms with Crippen molar-refractivity contribution in [2.24, 2.45) is 4.99 Å². The number of aliphatic imine (C=N–C) groups is 1. The number of nitrogens with zero attached hydrogens (tertiary/aromatic N) is 1. The molecule has 0 heterocycles. The third-order valence-corrected chi connectivity index (χ3v) is 3.12. The Morgan fingerprint density at radius 3 is 2.55 bits per heavy atom. The molecule has 0 aliphatic heterocycles. The van der Waals surface area contributed by atoms with Crippen molar-refractivity contribution in [3.05, 3.63) is 28.2 Å². The zero-order chi connectivity index (χ0) is 15.5. The number of nitrogens with one attached hydrogen (secondary N) is 2. The Morgan fingerprint density at radius 1 is 1.18 bits per heavy atom. The maximum atomic E-state index is 6.02. The molecule has 0 amide bonds. The topological polar surface area (TPSA) is 54.9 Å². The van der Waals surface area contributed by atoms with Gasteiger partial charge in [-0.3, -0.25) is 4.99 Å². The van der Waals surface area contributed by atoms with E-state index in [1.807, 2.05) is 0 Å². The fourth-order valence-electron chi connectivity index (χ4n) is 1.55. The molecule has 0 saturated carbocycles. The Labute approximate surface area is 158 Å². The van der Waals surface area contributed by atoms with Crippen LogP contribution in [0.5, 0.6) is 5.75 Å². The summed E-state index contributed by atoms with van der Waals surface area (Å²) in [4.78, 5) is 4.10. The molecule has 1 aromatic rings. The lowest BCUT2D eigenvalue weighted by atomic mass is 10.3. The highest BCUT2D eigenvalue weighted by Gasteiger charge is 2.02. The van der Waals surface area contributed by atoms with E-state index in [1.165, 1.54) is 0 Å². The first kappa shape index (κ1) is 21.6. The molecule has 8 heteroatoms. The Morgan fingerprint density at radius 2 is 1.91 bits per heavy atom. The first-order valence-corrected chi connectivity index (χ1v) is 7.44. The molecule has 0 saturated heterocycles. The van der Waals surface area contributed by atoms with Crippen LogP contribution in [0.25, 0.3) is 0 Å². The number of hydrogen-bond donors (Lipinski definition) is 2. The molecule has 0 unspecified atom stereocenters. The summed E-state index contributed by atoms with van der Waals surface area (Å²) in [7, 11) is 3.39. The van der Waals surface area contributed by atoms with E-state index < -0.39 is 0 Å². The van der Waals surface area contributed by atoms with Crippen LogP contribution in [0.15, 0.2) is 23.2 Å². The second kappa shape index (κ2) is 13.0. The highest BCUT2D eigenvalue weighted by molar-refractivity contribution is 14.0. The van der Waals surface area contributed by atoms with Crippen molar-refractivity contribution in [1.82, 2.24) is 10.6 Å². The first-order valence-electron chi connectivity index (χ1n) is 6.68. The lowest BCUT2D eigenvalue weighted by molar-refractivity contribution is 0.203. The van der Waals surface area contributed by atoms with Crippen molar-refractivity contribution < 1.29 is 9.47 Å². The summed E-state index contributed by atoms with van der Waals surface area (Å²) < 4.78 is 10.6. The first-order chi connectivity index (χ1) is 10.2. The van der Waals surface area contributed by atoms with E-state index in [9.17, 15) is 0 Å². The number of guanidine groups is 1. The van der Waals surface area contributed by atoms with E-state index >= 15 is 0 Å². The quantitative estimate of drug-likeness (QED) is 0.270. The third kappa shape index (κ3) is 8.87. The van der Waals surface area contributed by atoms with Gasteiger partial charge in [0.1, 0.15) is 5.75 Å². The van der Waals surface area contributed by atoms with E-state index in [-0.39, 0.29) is 24.0 Å². The average molecular weight is 462 g/mol. The second-order valence-electron chi connectivity index (χ2n) is 4.20. The highest BCUT2D eigenvalue weighted by atomic mass is 127. The van der Waals surface area contributed by atoms with Crippen molar-refractivity contribution in [2.45, 2.75) is 6.42 Å². The fourth-order valence-corrected chi connectivity index (χ4v) is 2.01. The van der Waals surface area contributed by atoms with Gasteiger partial charge in [0.05, 0.1) is 18.2 Å². The molecule has 22 heavy (non-hydrogen) atoms. The number of rotatable bonds is 8. The van der Waals surface area contributed by atoms with Crippen LogP contribution in [-0.4, -0.2) is 46.4 Å². The predicted molar refractivity (Wildman–Crippen MR) is 103 cm³/mol. The van der Waals surface area contributed by atoms with Crippen LogP contribution in [0.4, 0.5) is 0 Å².